The average Bonchev–Trinajstić information content (AvgIpc) is 3.09. The van der Waals surface area contributed by atoms with Gasteiger partial charge in [-0.25, -0.2) is 12.7 Å². The molecule has 31 heavy (non-hydrogen) atoms. The monoisotopic (exact) mass is 465 g/mol. The van der Waals surface area contributed by atoms with Gasteiger partial charge in [-0.15, -0.1) is 11.3 Å². The first-order chi connectivity index (χ1) is 14.6. The molecule has 0 radical (unpaired) electrons. The van der Waals surface area contributed by atoms with Crippen LogP contribution < -0.4 is 15.5 Å². The molecule has 2 heterocycles. The number of quaternary nitrogens is 1. The molecule has 2 amide bonds. The Hall–Kier alpha value is -2.27. The standard InChI is InChI=1S/C21H28N4O4S2/c1-13(2)25-11-10-16-17(12-25)30-21(18(16)20(27)22-3)23-19(26)14-6-8-15(9-7-14)31(28,29)24(4)5/h6-9,13H,10-12H2,1-5H3,(H,22,27)(H,23,26)/p+1. The molecule has 1 aromatic carbocycles. The fourth-order valence-corrected chi connectivity index (χ4v) is 5.80. The van der Waals surface area contributed by atoms with Gasteiger partial charge in [0.2, 0.25) is 10.0 Å². The number of sulfonamides is 1. The summed E-state index contributed by atoms with van der Waals surface area (Å²) in [4.78, 5) is 28.1. The number of amides is 2. The van der Waals surface area contributed by atoms with E-state index >= 15 is 0 Å². The molecule has 0 fully saturated rings. The molecule has 1 atom stereocenters. The quantitative estimate of drug-likeness (QED) is 0.592. The van der Waals surface area contributed by atoms with Gasteiger partial charge in [-0.3, -0.25) is 9.59 Å². The molecule has 10 heteroatoms. The minimum absolute atomic E-state index is 0.114. The van der Waals surface area contributed by atoms with Crippen LogP contribution in [0.4, 0.5) is 5.00 Å². The van der Waals surface area contributed by atoms with Crippen molar-refractivity contribution in [2.24, 2.45) is 0 Å². The maximum absolute atomic E-state index is 12.9. The summed E-state index contributed by atoms with van der Waals surface area (Å²) in [6.07, 6.45) is 0.787. The number of fused-ring (bicyclic) bond motifs is 1. The molecule has 8 nitrogen and oxygen atoms in total. The Morgan fingerprint density at radius 3 is 2.32 bits per heavy atom. The first-order valence-electron chi connectivity index (χ1n) is 10.1. The molecule has 1 aliphatic rings. The molecule has 0 aliphatic carbocycles. The molecule has 168 valence electrons. The predicted octanol–water partition coefficient (Wildman–Crippen LogP) is 0.960. The van der Waals surface area contributed by atoms with Gasteiger partial charge in [-0.05, 0) is 43.7 Å². The van der Waals surface area contributed by atoms with E-state index in [0.717, 1.165) is 34.3 Å². The van der Waals surface area contributed by atoms with Gasteiger partial charge in [0.05, 0.1) is 27.9 Å². The Labute approximate surface area is 187 Å². The van der Waals surface area contributed by atoms with Crippen molar-refractivity contribution < 1.29 is 22.9 Å². The number of thiophene rings is 1. The van der Waals surface area contributed by atoms with Crippen molar-refractivity contribution in [1.82, 2.24) is 9.62 Å². The maximum Gasteiger partial charge on any atom is 0.256 e. The van der Waals surface area contributed by atoms with Crippen LogP contribution in [0.25, 0.3) is 0 Å². The predicted molar refractivity (Wildman–Crippen MR) is 121 cm³/mol. The summed E-state index contributed by atoms with van der Waals surface area (Å²) in [7, 11) is 0.925. The van der Waals surface area contributed by atoms with E-state index < -0.39 is 10.0 Å². The number of benzene rings is 1. The van der Waals surface area contributed by atoms with E-state index in [-0.39, 0.29) is 16.7 Å². The average molecular weight is 466 g/mol. The maximum atomic E-state index is 12.9. The van der Waals surface area contributed by atoms with Crippen LogP contribution in [0.1, 0.15) is 45.0 Å². The van der Waals surface area contributed by atoms with Crippen LogP contribution in [-0.2, 0) is 23.0 Å². The van der Waals surface area contributed by atoms with Crippen LogP contribution in [0, 0.1) is 0 Å². The summed E-state index contributed by atoms with van der Waals surface area (Å²) in [5.74, 6) is -0.598. The molecule has 0 spiro atoms. The Balaban J connectivity index is 1.88. The van der Waals surface area contributed by atoms with E-state index in [1.165, 1.54) is 54.6 Å². The first-order valence-corrected chi connectivity index (χ1v) is 12.4. The topological polar surface area (TPSA) is 100 Å². The lowest BCUT2D eigenvalue weighted by molar-refractivity contribution is -0.936. The number of nitrogens with one attached hydrogen (secondary N) is 3. The van der Waals surface area contributed by atoms with E-state index in [2.05, 4.69) is 24.5 Å². The summed E-state index contributed by atoms with van der Waals surface area (Å²) in [6, 6.07) is 6.25. The molecule has 3 rings (SSSR count). The highest BCUT2D eigenvalue weighted by Gasteiger charge is 2.31. The molecule has 3 N–H and O–H groups in total. The number of carbonyl (C=O) groups is 2. The van der Waals surface area contributed by atoms with Gasteiger partial charge in [-0.1, -0.05) is 0 Å². The van der Waals surface area contributed by atoms with E-state index in [1.807, 2.05) is 0 Å². The zero-order chi connectivity index (χ0) is 22.9. The van der Waals surface area contributed by atoms with Crippen molar-refractivity contribution in [1.29, 1.82) is 0 Å². The third kappa shape index (κ3) is 4.67. The van der Waals surface area contributed by atoms with Crippen molar-refractivity contribution in [3.63, 3.8) is 0 Å². The number of hydrogen-bond acceptors (Lipinski definition) is 5. The second-order valence-corrected chi connectivity index (χ2v) is 11.3. The normalized spacial score (nSPS) is 16.3. The van der Waals surface area contributed by atoms with Crippen molar-refractivity contribution in [3.8, 4) is 0 Å². The third-order valence-electron chi connectivity index (χ3n) is 5.57. The molecule has 1 aliphatic heterocycles. The largest absolute Gasteiger partial charge is 0.355 e. The number of nitrogens with zero attached hydrogens (tertiary/aromatic N) is 1. The molecule has 2 aromatic rings. The Morgan fingerprint density at radius 1 is 1.13 bits per heavy atom. The lowest BCUT2D eigenvalue weighted by Gasteiger charge is -2.27. The molecule has 0 bridgehead atoms. The lowest BCUT2D eigenvalue weighted by Crippen LogP contribution is -3.14. The van der Waals surface area contributed by atoms with Crippen LogP contribution in [0.3, 0.4) is 0 Å². The number of hydrogen-bond donors (Lipinski definition) is 3. The summed E-state index contributed by atoms with van der Waals surface area (Å²) in [5.41, 5.74) is 1.86. The van der Waals surface area contributed by atoms with E-state index in [0.29, 0.717) is 22.2 Å². The summed E-state index contributed by atoms with van der Waals surface area (Å²) >= 11 is 1.44. The van der Waals surface area contributed by atoms with Crippen molar-refractivity contribution in [3.05, 3.63) is 45.8 Å². The highest BCUT2D eigenvalue weighted by molar-refractivity contribution is 7.89. The highest BCUT2D eigenvalue weighted by atomic mass is 32.2. The summed E-state index contributed by atoms with van der Waals surface area (Å²) in [5, 5.41) is 6.08. The minimum Gasteiger partial charge on any atom is -0.355 e. The molecule has 1 aromatic heterocycles. The van der Waals surface area contributed by atoms with Crippen molar-refractivity contribution in [2.75, 3.05) is 33.0 Å². The van der Waals surface area contributed by atoms with Crippen LogP contribution in [-0.4, -0.2) is 58.3 Å². The first kappa shape index (κ1) is 23.4. The molecular weight excluding hydrogens is 436 g/mol. The lowest BCUT2D eigenvalue weighted by atomic mass is 10.0. The zero-order valence-electron chi connectivity index (χ0n) is 18.4. The van der Waals surface area contributed by atoms with Crippen LogP contribution in [0.5, 0.6) is 0 Å². The van der Waals surface area contributed by atoms with Gasteiger partial charge in [-0.2, -0.15) is 0 Å². The molecular formula is C21H29N4O4S2+. The van der Waals surface area contributed by atoms with Crippen molar-refractivity contribution >= 4 is 38.2 Å². The van der Waals surface area contributed by atoms with E-state index in [9.17, 15) is 18.0 Å². The number of anilines is 1. The summed E-state index contributed by atoms with van der Waals surface area (Å²) < 4.78 is 25.6. The molecule has 1 unspecified atom stereocenters. The second kappa shape index (κ2) is 9.07. The minimum atomic E-state index is -3.57. The Kier molecular flexibility index (Phi) is 6.85. The zero-order valence-corrected chi connectivity index (χ0v) is 20.0. The molecule has 0 saturated heterocycles. The summed E-state index contributed by atoms with van der Waals surface area (Å²) in [6.45, 7) is 6.13. The van der Waals surface area contributed by atoms with Crippen LogP contribution in [0.15, 0.2) is 29.2 Å². The second-order valence-electron chi connectivity index (χ2n) is 8.04. The van der Waals surface area contributed by atoms with Gasteiger partial charge >= 0.3 is 0 Å². The molecule has 0 saturated carbocycles. The fourth-order valence-electron chi connectivity index (χ4n) is 3.61. The van der Waals surface area contributed by atoms with Gasteiger partial charge in [0.15, 0.2) is 0 Å². The van der Waals surface area contributed by atoms with Gasteiger partial charge in [0.1, 0.15) is 11.5 Å². The van der Waals surface area contributed by atoms with Gasteiger partial charge in [0.25, 0.3) is 11.8 Å². The fraction of sp³-hybridized carbons (Fsp3) is 0.429. The van der Waals surface area contributed by atoms with E-state index in [1.54, 1.807) is 7.05 Å². The third-order valence-corrected chi connectivity index (χ3v) is 8.54. The number of carbonyl (C=O) groups excluding carboxylic acids is 2. The SMILES string of the molecule is CNC(=O)c1c(NC(=O)c2ccc(S(=O)(=O)N(C)C)cc2)sc2c1CC[NH+](C(C)C)C2. The number of rotatable bonds is 6. The Morgan fingerprint density at radius 2 is 1.77 bits per heavy atom. The van der Waals surface area contributed by atoms with Crippen LogP contribution in [0.2, 0.25) is 0 Å². The van der Waals surface area contributed by atoms with Crippen molar-refractivity contribution in [2.45, 2.75) is 37.8 Å². The Bertz CT molecular complexity index is 1090. The van der Waals surface area contributed by atoms with Gasteiger partial charge in [0, 0.05) is 33.1 Å². The van der Waals surface area contributed by atoms with Gasteiger partial charge < -0.3 is 15.5 Å². The smallest absolute Gasteiger partial charge is 0.256 e. The van der Waals surface area contributed by atoms with Crippen LogP contribution >= 0.6 is 11.3 Å². The van der Waals surface area contributed by atoms with E-state index in [4.69, 9.17) is 0 Å². The highest BCUT2D eigenvalue weighted by Crippen LogP contribution is 2.35.